The molecule has 0 spiro atoms. The average Bonchev–Trinajstić information content (AvgIpc) is 2.15. The number of nitrogens with one attached hydrogen (secondary N) is 1. The zero-order valence-electron chi connectivity index (χ0n) is 10.1. The van der Waals surface area contributed by atoms with Crippen molar-refractivity contribution in [3.8, 4) is 0 Å². The molecule has 0 radical (unpaired) electrons. The minimum Gasteiger partial charge on any atom is -0.381 e. The highest BCUT2D eigenvalue weighted by molar-refractivity contribution is 7.89. The SMILES string of the molecule is CC(N)CC(C)Nc1ccccc1S(N)(=O)=O. The van der Waals surface area contributed by atoms with Crippen LogP contribution in [0.4, 0.5) is 5.69 Å². The van der Waals surface area contributed by atoms with Crippen molar-refractivity contribution in [1.29, 1.82) is 0 Å². The second-order valence-electron chi connectivity index (χ2n) is 4.30. The Labute approximate surface area is 102 Å². The molecule has 2 atom stereocenters. The van der Waals surface area contributed by atoms with Gasteiger partial charge in [-0.05, 0) is 32.4 Å². The topological polar surface area (TPSA) is 98.2 Å². The molecule has 0 aliphatic heterocycles. The summed E-state index contributed by atoms with van der Waals surface area (Å²) < 4.78 is 22.7. The van der Waals surface area contributed by atoms with E-state index in [0.717, 1.165) is 6.42 Å². The zero-order chi connectivity index (χ0) is 13.1. The highest BCUT2D eigenvalue weighted by Gasteiger charge is 2.14. The molecule has 0 aliphatic carbocycles. The van der Waals surface area contributed by atoms with Crippen LogP contribution in [0.15, 0.2) is 29.2 Å². The van der Waals surface area contributed by atoms with Crippen LogP contribution in [-0.2, 0) is 10.0 Å². The molecular formula is C11H19N3O2S. The molecule has 5 nitrogen and oxygen atoms in total. The summed E-state index contributed by atoms with van der Waals surface area (Å²) in [5.41, 5.74) is 6.20. The van der Waals surface area contributed by atoms with E-state index in [1.54, 1.807) is 18.2 Å². The highest BCUT2D eigenvalue weighted by Crippen LogP contribution is 2.20. The molecule has 17 heavy (non-hydrogen) atoms. The molecule has 0 bridgehead atoms. The molecule has 0 amide bonds. The van der Waals surface area contributed by atoms with E-state index in [2.05, 4.69) is 5.32 Å². The third kappa shape index (κ3) is 4.33. The van der Waals surface area contributed by atoms with E-state index in [1.807, 2.05) is 13.8 Å². The molecule has 1 aromatic carbocycles. The summed E-state index contributed by atoms with van der Waals surface area (Å²) in [6.07, 6.45) is 0.749. The van der Waals surface area contributed by atoms with Crippen molar-refractivity contribution in [3.05, 3.63) is 24.3 Å². The van der Waals surface area contributed by atoms with Crippen molar-refractivity contribution in [2.75, 3.05) is 5.32 Å². The van der Waals surface area contributed by atoms with Gasteiger partial charge in [0.25, 0.3) is 0 Å². The molecular weight excluding hydrogens is 238 g/mol. The maximum absolute atomic E-state index is 11.4. The van der Waals surface area contributed by atoms with Crippen molar-refractivity contribution < 1.29 is 8.42 Å². The quantitative estimate of drug-likeness (QED) is 0.729. The molecule has 6 heteroatoms. The van der Waals surface area contributed by atoms with Crippen molar-refractivity contribution in [2.45, 2.75) is 37.2 Å². The third-order valence-electron chi connectivity index (χ3n) is 2.32. The van der Waals surface area contributed by atoms with E-state index in [-0.39, 0.29) is 17.0 Å². The van der Waals surface area contributed by atoms with Crippen molar-refractivity contribution in [3.63, 3.8) is 0 Å². The first-order valence-corrected chi connectivity index (χ1v) is 6.99. The molecule has 0 saturated carbocycles. The van der Waals surface area contributed by atoms with Gasteiger partial charge in [-0.15, -0.1) is 0 Å². The average molecular weight is 257 g/mol. The molecule has 0 aliphatic rings. The Hall–Kier alpha value is -1.11. The summed E-state index contributed by atoms with van der Waals surface area (Å²) in [5, 5.41) is 8.25. The monoisotopic (exact) mass is 257 g/mol. The van der Waals surface area contributed by atoms with Gasteiger partial charge in [0.2, 0.25) is 10.0 Å². The lowest BCUT2D eigenvalue weighted by Gasteiger charge is -2.18. The van der Waals surface area contributed by atoms with Crippen LogP contribution in [0.1, 0.15) is 20.3 Å². The predicted octanol–water partition coefficient (Wildman–Crippen LogP) is 0.872. The highest BCUT2D eigenvalue weighted by atomic mass is 32.2. The maximum atomic E-state index is 11.4. The first-order valence-electron chi connectivity index (χ1n) is 5.44. The Balaban J connectivity index is 2.92. The minimum atomic E-state index is -3.70. The molecule has 0 fully saturated rings. The van der Waals surface area contributed by atoms with Gasteiger partial charge in [-0.25, -0.2) is 13.6 Å². The standard InChI is InChI=1S/C11H19N3O2S/c1-8(12)7-9(2)14-10-5-3-4-6-11(10)17(13,15)16/h3-6,8-9,14H,7,12H2,1-2H3,(H2,13,15,16). The summed E-state index contributed by atoms with van der Waals surface area (Å²) in [6, 6.07) is 6.71. The number of rotatable bonds is 5. The fourth-order valence-electron chi connectivity index (χ4n) is 1.72. The second-order valence-corrected chi connectivity index (χ2v) is 5.83. The van der Waals surface area contributed by atoms with Crippen LogP contribution < -0.4 is 16.2 Å². The normalized spacial score (nSPS) is 15.3. The summed E-state index contributed by atoms with van der Waals surface area (Å²) in [7, 11) is -3.70. The number of hydrogen-bond donors (Lipinski definition) is 3. The van der Waals surface area contributed by atoms with Gasteiger partial charge in [0.05, 0.1) is 5.69 Å². The number of benzene rings is 1. The van der Waals surface area contributed by atoms with Crippen molar-refractivity contribution >= 4 is 15.7 Å². The Morgan fingerprint density at radius 1 is 1.29 bits per heavy atom. The number of anilines is 1. The molecule has 5 N–H and O–H groups in total. The second kappa shape index (κ2) is 5.48. The van der Waals surface area contributed by atoms with Gasteiger partial charge in [-0.2, -0.15) is 0 Å². The molecule has 2 unspecified atom stereocenters. The molecule has 96 valence electrons. The van der Waals surface area contributed by atoms with Gasteiger partial charge in [0.15, 0.2) is 0 Å². The molecule has 1 rings (SSSR count). The van der Waals surface area contributed by atoms with E-state index in [0.29, 0.717) is 5.69 Å². The van der Waals surface area contributed by atoms with Crippen LogP contribution in [0, 0.1) is 0 Å². The van der Waals surface area contributed by atoms with Gasteiger partial charge in [0.1, 0.15) is 4.90 Å². The van der Waals surface area contributed by atoms with Crippen LogP contribution >= 0.6 is 0 Å². The molecule has 0 aromatic heterocycles. The fraction of sp³-hybridized carbons (Fsp3) is 0.455. The van der Waals surface area contributed by atoms with E-state index < -0.39 is 10.0 Å². The number of nitrogens with two attached hydrogens (primary N) is 2. The van der Waals surface area contributed by atoms with E-state index >= 15 is 0 Å². The first-order chi connectivity index (χ1) is 7.80. The lowest BCUT2D eigenvalue weighted by Crippen LogP contribution is -2.27. The number of sulfonamides is 1. The number of para-hydroxylation sites is 1. The van der Waals surface area contributed by atoms with Crippen LogP contribution in [0.25, 0.3) is 0 Å². The third-order valence-corrected chi connectivity index (χ3v) is 3.29. The minimum absolute atomic E-state index is 0.0548. The molecule has 0 saturated heterocycles. The smallest absolute Gasteiger partial charge is 0.240 e. The van der Waals surface area contributed by atoms with Crippen LogP contribution in [0.2, 0.25) is 0 Å². The largest absolute Gasteiger partial charge is 0.381 e. The van der Waals surface area contributed by atoms with Gasteiger partial charge in [-0.1, -0.05) is 12.1 Å². The van der Waals surface area contributed by atoms with Gasteiger partial charge in [0, 0.05) is 12.1 Å². The fourth-order valence-corrected chi connectivity index (χ4v) is 2.42. The summed E-state index contributed by atoms with van der Waals surface area (Å²) in [5.74, 6) is 0. The van der Waals surface area contributed by atoms with Crippen LogP contribution in [0.5, 0.6) is 0 Å². The molecule has 0 heterocycles. The van der Waals surface area contributed by atoms with Crippen molar-refractivity contribution in [2.24, 2.45) is 10.9 Å². The van der Waals surface area contributed by atoms with E-state index in [9.17, 15) is 8.42 Å². The zero-order valence-corrected chi connectivity index (χ0v) is 10.9. The Kier molecular flexibility index (Phi) is 4.50. The van der Waals surface area contributed by atoms with E-state index in [4.69, 9.17) is 10.9 Å². The molecule has 1 aromatic rings. The lowest BCUT2D eigenvalue weighted by atomic mass is 10.1. The van der Waals surface area contributed by atoms with Gasteiger partial charge < -0.3 is 11.1 Å². The Bertz CT molecular complexity index is 471. The summed E-state index contributed by atoms with van der Waals surface area (Å²) in [6.45, 7) is 3.85. The first kappa shape index (κ1) is 14.0. The van der Waals surface area contributed by atoms with E-state index in [1.165, 1.54) is 6.07 Å². The summed E-state index contributed by atoms with van der Waals surface area (Å²) >= 11 is 0. The van der Waals surface area contributed by atoms with Crippen LogP contribution in [0.3, 0.4) is 0 Å². The van der Waals surface area contributed by atoms with Crippen LogP contribution in [-0.4, -0.2) is 20.5 Å². The Morgan fingerprint density at radius 2 is 1.88 bits per heavy atom. The number of primary sulfonamides is 1. The van der Waals surface area contributed by atoms with Gasteiger partial charge >= 0.3 is 0 Å². The summed E-state index contributed by atoms with van der Waals surface area (Å²) in [4.78, 5) is 0.108. The predicted molar refractivity (Wildman–Crippen MR) is 69.2 cm³/mol. The lowest BCUT2D eigenvalue weighted by molar-refractivity contribution is 0.595. The van der Waals surface area contributed by atoms with Crippen molar-refractivity contribution in [1.82, 2.24) is 0 Å². The maximum Gasteiger partial charge on any atom is 0.240 e. The number of hydrogen-bond acceptors (Lipinski definition) is 4. The van der Waals surface area contributed by atoms with Gasteiger partial charge in [-0.3, -0.25) is 0 Å². The Morgan fingerprint density at radius 3 is 2.41 bits per heavy atom.